The van der Waals surface area contributed by atoms with Gasteiger partial charge in [-0.1, -0.05) is 179 Å². The lowest BCUT2D eigenvalue weighted by atomic mass is 9.82. The van der Waals surface area contributed by atoms with Crippen molar-refractivity contribution in [2.45, 2.75) is 45.1 Å². The largest absolute Gasteiger partial charge is 0.453 e. The summed E-state index contributed by atoms with van der Waals surface area (Å²) >= 11 is 0. The highest BCUT2D eigenvalue weighted by atomic mass is 16.3. The fourth-order valence-electron chi connectivity index (χ4n) is 10.1. The van der Waals surface area contributed by atoms with E-state index in [4.69, 9.17) is 14.4 Å². The van der Waals surface area contributed by atoms with Gasteiger partial charge in [-0.05, 0) is 81.6 Å². The molecule has 304 valence electrons. The van der Waals surface area contributed by atoms with E-state index >= 15 is 0 Å². The second kappa shape index (κ2) is 14.8. The second-order valence-corrected chi connectivity index (χ2v) is 17.7. The lowest BCUT2D eigenvalue weighted by Gasteiger charge is -2.29. The van der Waals surface area contributed by atoms with Crippen LogP contribution < -0.4 is 4.90 Å². The lowest BCUT2D eigenvalue weighted by Crippen LogP contribution is -2.18. The number of benzene rings is 8. The zero-order chi connectivity index (χ0) is 42.9. The Balaban J connectivity index is 1.08. The van der Waals surface area contributed by atoms with Crippen molar-refractivity contribution in [3.63, 3.8) is 0 Å². The highest BCUT2D eigenvalue weighted by Gasteiger charge is 2.38. The van der Waals surface area contributed by atoms with Crippen LogP contribution in [0.1, 0.15) is 66.6 Å². The molecule has 2 aliphatic carbocycles. The van der Waals surface area contributed by atoms with Crippen LogP contribution in [0.2, 0.25) is 0 Å². The van der Waals surface area contributed by atoms with Gasteiger partial charge in [0, 0.05) is 49.7 Å². The molecule has 8 aromatic carbocycles. The third-order valence-electron chi connectivity index (χ3n) is 13.3. The quantitative estimate of drug-likeness (QED) is 0.119. The first-order chi connectivity index (χ1) is 30.7. The molecule has 0 radical (unpaired) electrons. The first kappa shape index (κ1) is 38.3. The molecule has 0 aliphatic heterocycles. The molecular weight excluding hydrogens is 769 g/mol. The van der Waals surface area contributed by atoms with Crippen molar-refractivity contribution in [3.05, 3.63) is 221 Å². The molecule has 1 heterocycles. The van der Waals surface area contributed by atoms with E-state index < -0.39 is 0 Å². The molecule has 9 aromatic rings. The van der Waals surface area contributed by atoms with Gasteiger partial charge in [-0.25, -0.2) is 9.98 Å². The van der Waals surface area contributed by atoms with Gasteiger partial charge in [0.25, 0.3) is 0 Å². The molecule has 0 atom stereocenters. The van der Waals surface area contributed by atoms with Crippen molar-refractivity contribution in [2.75, 3.05) is 4.90 Å². The van der Waals surface area contributed by atoms with Gasteiger partial charge in [-0.3, -0.25) is 4.99 Å². The summed E-state index contributed by atoms with van der Waals surface area (Å²) in [5, 5.41) is 2.09. The number of rotatable bonds is 7. The fourth-order valence-corrected chi connectivity index (χ4v) is 10.1. The monoisotopic (exact) mass is 814 g/mol. The molecule has 0 bridgehead atoms. The number of fused-ring (bicyclic) bond motifs is 9. The predicted octanol–water partition coefficient (Wildman–Crippen LogP) is 14.8. The predicted molar refractivity (Wildman–Crippen MR) is 263 cm³/mol. The van der Waals surface area contributed by atoms with Crippen molar-refractivity contribution in [1.82, 2.24) is 0 Å². The minimum Gasteiger partial charge on any atom is -0.453 e. The van der Waals surface area contributed by atoms with Crippen LogP contribution in [0.3, 0.4) is 0 Å². The summed E-state index contributed by atoms with van der Waals surface area (Å²) in [6, 6.07) is 64.4. The van der Waals surface area contributed by atoms with Gasteiger partial charge in [0.15, 0.2) is 17.3 Å². The summed E-state index contributed by atoms with van der Waals surface area (Å²) in [6.07, 6.45) is 0. The molecule has 5 nitrogen and oxygen atoms in total. The third-order valence-corrected chi connectivity index (χ3v) is 13.3. The molecule has 0 unspecified atom stereocenters. The van der Waals surface area contributed by atoms with Crippen molar-refractivity contribution < 1.29 is 4.42 Å². The van der Waals surface area contributed by atoms with Crippen LogP contribution in [0.25, 0.3) is 44.2 Å². The van der Waals surface area contributed by atoms with E-state index in [9.17, 15) is 0 Å². The van der Waals surface area contributed by atoms with Gasteiger partial charge in [0.2, 0.25) is 0 Å². The molecule has 2 aliphatic rings. The van der Waals surface area contributed by atoms with Crippen LogP contribution in [0, 0.1) is 0 Å². The molecule has 0 saturated carbocycles. The van der Waals surface area contributed by atoms with Crippen molar-refractivity contribution in [1.29, 1.82) is 0 Å². The minimum absolute atomic E-state index is 0.164. The first-order valence-electron chi connectivity index (χ1n) is 21.6. The Kier molecular flexibility index (Phi) is 8.98. The SMILES string of the molecule is C=N/C(=N\C(=N/Cc1cccc2c1oc1c(N(c3ccc4c(c3)C(C)(C)c3ccccc3-4)c3ccc4c(c3)C(C)(C)c3ccccc3-4)cccc12)c1ccccc1)c1ccccc1. The molecule has 63 heavy (non-hydrogen) atoms. The molecule has 0 N–H and O–H groups in total. The number of hydrogen-bond acceptors (Lipinski definition) is 3. The lowest BCUT2D eigenvalue weighted by molar-refractivity contribution is 0.659. The average molecular weight is 815 g/mol. The van der Waals surface area contributed by atoms with E-state index in [2.05, 4.69) is 166 Å². The van der Waals surface area contributed by atoms with Crippen LogP contribution >= 0.6 is 0 Å². The molecule has 0 saturated heterocycles. The summed E-state index contributed by atoms with van der Waals surface area (Å²) in [5.41, 5.74) is 17.7. The second-order valence-electron chi connectivity index (χ2n) is 17.7. The van der Waals surface area contributed by atoms with E-state index in [-0.39, 0.29) is 10.8 Å². The molecule has 11 rings (SSSR count). The van der Waals surface area contributed by atoms with Crippen molar-refractivity contribution >= 4 is 57.4 Å². The Morgan fingerprint density at radius 1 is 0.492 bits per heavy atom. The topological polar surface area (TPSA) is 53.5 Å². The van der Waals surface area contributed by atoms with Gasteiger partial charge in [-0.15, -0.1) is 0 Å². The van der Waals surface area contributed by atoms with Gasteiger partial charge in [0.05, 0.1) is 12.2 Å². The number of amidine groups is 2. The number of nitrogens with zero attached hydrogens (tertiary/aromatic N) is 4. The smallest absolute Gasteiger partial charge is 0.161 e. The Morgan fingerprint density at radius 2 is 0.984 bits per heavy atom. The molecule has 0 spiro atoms. The summed E-state index contributed by atoms with van der Waals surface area (Å²) in [6.45, 7) is 13.6. The van der Waals surface area contributed by atoms with Gasteiger partial charge < -0.3 is 9.32 Å². The highest BCUT2D eigenvalue weighted by molar-refractivity contribution is 6.13. The van der Waals surface area contributed by atoms with Crippen LogP contribution in [-0.4, -0.2) is 18.4 Å². The molecule has 0 amide bonds. The van der Waals surface area contributed by atoms with Gasteiger partial charge in [0.1, 0.15) is 5.58 Å². The fraction of sp³-hybridized carbons (Fsp3) is 0.121. The number of para-hydroxylation sites is 2. The van der Waals surface area contributed by atoms with Gasteiger partial charge in [-0.2, -0.15) is 0 Å². The minimum atomic E-state index is -0.164. The van der Waals surface area contributed by atoms with E-state index in [1.807, 2.05) is 60.7 Å². The maximum atomic E-state index is 7.14. The molecule has 0 fully saturated rings. The number of hydrogen-bond donors (Lipinski definition) is 0. The Hall–Kier alpha value is -7.63. The van der Waals surface area contributed by atoms with Gasteiger partial charge >= 0.3 is 0 Å². The molecular formula is C58H46N4O. The standard InChI is InChI=1S/C58H46N4O/c1-57(2)48-27-14-12-23-42(48)44-32-30-40(34-50(44)57)62(41-31-33-45-43-24-13-15-28-49(43)58(3,4)51(45)35-41)52-29-17-26-47-46-25-16-22-39(53(46)63-54(47)52)36-60-56(38-20-10-7-11-21-38)61-55(59-5)37-18-8-6-9-19-37/h6-35H,5,36H2,1-4H3/b60-56-,61-55-. The van der Waals surface area contributed by atoms with E-state index in [1.165, 1.54) is 44.5 Å². The van der Waals surface area contributed by atoms with E-state index in [1.54, 1.807) is 0 Å². The normalized spacial score (nSPS) is 14.6. The Bertz CT molecular complexity index is 3230. The number of anilines is 3. The van der Waals surface area contributed by atoms with Crippen LogP contribution in [0.15, 0.2) is 201 Å². The maximum Gasteiger partial charge on any atom is 0.161 e. The molecule has 1 aromatic heterocycles. The average Bonchev–Trinajstić information content (AvgIpc) is 3.90. The highest BCUT2D eigenvalue weighted by Crippen LogP contribution is 2.54. The molecule has 5 heteroatoms. The summed E-state index contributed by atoms with van der Waals surface area (Å²) < 4.78 is 7.14. The van der Waals surface area contributed by atoms with Crippen LogP contribution in [0.5, 0.6) is 0 Å². The zero-order valence-electron chi connectivity index (χ0n) is 35.9. The summed E-state index contributed by atoms with van der Waals surface area (Å²) in [7, 11) is 0. The number of aliphatic imine (C=N–C) groups is 3. The Morgan fingerprint density at radius 3 is 1.56 bits per heavy atom. The Labute approximate surface area is 368 Å². The first-order valence-corrected chi connectivity index (χ1v) is 21.6. The van der Waals surface area contributed by atoms with Crippen LogP contribution in [-0.2, 0) is 17.4 Å². The summed E-state index contributed by atoms with van der Waals surface area (Å²) in [5.74, 6) is 1.09. The third kappa shape index (κ3) is 6.18. The van der Waals surface area contributed by atoms with E-state index in [0.29, 0.717) is 18.2 Å². The van der Waals surface area contributed by atoms with Crippen molar-refractivity contribution in [2.24, 2.45) is 15.0 Å². The number of furan rings is 1. The zero-order valence-corrected chi connectivity index (χ0v) is 35.9. The van der Waals surface area contributed by atoms with Crippen molar-refractivity contribution in [3.8, 4) is 22.3 Å². The van der Waals surface area contributed by atoms with Crippen LogP contribution in [0.4, 0.5) is 17.1 Å². The maximum absolute atomic E-state index is 7.14. The summed E-state index contributed by atoms with van der Waals surface area (Å²) in [4.78, 5) is 16.8. The van der Waals surface area contributed by atoms with E-state index in [0.717, 1.165) is 55.7 Å².